The Morgan fingerprint density at radius 2 is 1.66 bits per heavy atom. The van der Waals surface area contributed by atoms with E-state index in [-0.39, 0.29) is 6.09 Å². The molecule has 7 nitrogen and oxygen atoms in total. The number of likely N-dealkylation sites (tertiary alicyclic amines) is 2. The molecule has 3 aliphatic rings. The molecule has 0 spiro atoms. The molecule has 0 aliphatic carbocycles. The highest BCUT2D eigenvalue weighted by Gasteiger charge is 2.32. The molecule has 0 N–H and O–H groups in total. The predicted octanol–water partition coefficient (Wildman–Crippen LogP) is 5.36. The number of hydrogen-bond acceptors (Lipinski definition) is 5. The van der Waals surface area contributed by atoms with Gasteiger partial charge in [-0.3, -0.25) is 9.79 Å². The van der Waals surface area contributed by atoms with Crippen LogP contribution in [0, 0.1) is 11.8 Å². The minimum absolute atomic E-state index is 0.356. The van der Waals surface area contributed by atoms with Crippen LogP contribution in [0.2, 0.25) is 5.02 Å². The molecule has 35 heavy (non-hydrogen) atoms. The van der Waals surface area contributed by atoms with Gasteiger partial charge in [0.2, 0.25) is 0 Å². The topological polar surface area (TPSA) is 62.3 Å². The Morgan fingerprint density at radius 1 is 0.971 bits per heavy atom. The summed E-state index contributed by atoms with van der Waals surface area (Å²) in [7, 11) is 0.335. The van der Waals surface area contributed by atoms with Crippen molar-refractivity contribution < 1.29 is 18.8 Å². The van der Waals surface area contributed by atoms with Crippen LogP contribution < -0.4 is 0 Å². The fraction of sp³-hybridized carbons (Fsp3) is 0.731. The van der Waals surface area contributed by atoms with E-state index in [9.17, 15) is 9.00 Å². The second kappa shape index (κ2) is 13.9. The Morgan fingerprint density at radius 3 is 2.29 bits per heavy atom. The van der Waals surface area contributed by atoms with E-state index >= 15 is 0 Å². The summed E-state index contributed by atoms with van der Waals surface area (Å²) in [5, 5.41) is 0.687. The summed E-state index contributed by atoms with van der Waals surface area (Å²) >= 11 is 5.82. The van der Waals surface area contributed by atoms with Gasteiger partial charge >= 0.3 is 6.09 Å². The van der Waals surface area contributed by atoms with Crippen LogP contribution in [-0.4, -0.2) is 76.3 Å². The molecule has 1 amide bonds. The van der Waals surface area contributed by atoms with Crippen LogP contribution in [0.25, 0.3) is 0 Å². The van der Waals surface area contributed by atoms with Crippen molar-refractivity contribution in [2.24, 2.45) is 11.8 Å². The van der Waals surface area contributed by atoms with Crippen molar-refractivity contribution in [2.75, 3.05) is 39.8 Å². The van der Waals surface area contributed by atoms with E-state index < -0.39 is 11.0 Å². The van der Waals surface area contributed by atoms with Gasteiger partial charge in [-0.2, -0.15) is 4.89 Å². The predicted molar refractivity (Wildman–Crippen MR) is 140 cm³/mol. The van der Waals surface area contributed by atoms with Gasteiger partial charge in [-0.15, -0.1) is 0 Å². The lowest BCUT2D eigenvalue weighted by molar-refractivity contribution is -0.222. The van der Waals surface area contributed by atoms with Crippen LogP contribution in [0.5, 0.6) is 0 Å². The third-order valence-electron chi connectivity index (χ3n) is 7.19. The number of amides is 1. The molecular weight excluding hydrogens is 486 g/mol. The first kappa shape index (κ1) is 28.4. The molecule has 1 aromatic carbocycles. The number of nitrogens with zero attached hydrogens (tertiary/aromatic N) is 3. The van der Waals surface area contributed by atoms with Gasteiger partial charge in [-0.05, 0) is 75.1 Å². The molecule has 0 bridgehead atoms. The average molecular weight is 528 g/mol. The minimum Gasteiger partial charge on any atom is -0.304 e. The highest BCUT2D eigenvalue weighted by molar-refractivity contribution is 7.82. The molecule has 3 aliphatic heterocycles. The van der Waals surface area contributed by atoms with Crippen LogP contribution in [0.3, 0.4) is 0 Å². The quantitative estimate of drug-likeness (QED) is 0.389. The first-order valence-corrected chi connectivity index (χ1v) is 14.4. The SMILES string of the molecule is COOC(=O)N1CCCC(N2CC(C)CC(C)C2)C1.C[C@@H]1CCCCN1S(=O)c1ccc(Cl)cc1. The maximum atomic E-state index is 12.3. The van der Waals surface area contributed by atoms with Crippen molar-refractivity contribution in [3.8, 4) is 0 Å². The van der Waals surface area contributed by atoms with Crippen LogP contribution >= 0.6 is 11.6 Å². The molecule has 5 atom stereocenters. The fourth-order valence-corrected chi connectivity index (χ4v) is 7.05. The second-order valence-electron chi connectivity index (χ2n) is 10.3. The van der Waals surface area contributed by atoms with Crippen molar-refractivity contribution in [2.45, 2.75) is 76.3 Å². The first-order valence-electron chi connectivity index (χ1n) is 13.0. The number of carbonyl (C=O) groups excluding carboxylic acids is 1. The van der Waals surface area contributed by atoms with Crippen LogP contribution in [-0.2, 0) is 20.8 Å². The number of carbonyl (C=O) groups is 1. The molecule has 3 fully saturated rings. The summed E-state index contributed by atoms with van der Waals surface area (Å²) in [5.41, 5.74) is 0. The van der Waals surface area contributed by atoms with E-state index in [0.717, 1.165) is 68.7 Å². The van der Waals surface area contributed by atoms with E-state index in [1.807, 2.05) is 12.1 Å². The Kier molecular flexibility index (Phi) is 11.3. The Bertz CT molecular complexity index is 817. The smallest absolute Gasteiger partial charge is 0.304 e. The monoisotopic (exact) mass is 527 g/mol. The van der Waals surface area contributed by atoms with E-state index in [1.165, 1.54) is 26.4 Å². The Balaban J connectivity index is 0.000000198. The summed E-state index contributed by atoms with van der Waals surface area (Å²) < 4.78 is 14.4. The van der Waals surface area contributed by atoms with Gasteiger partial charge in [-0.25, -0.2) is 13.3 Å². The van der Waals surface area contributed by atoms with Crippen molar-refractivity contribution in [3.63, 3.8) is 0 Å². The molecule has 0 aromatic heterocycles. The van der Waals surface area contributed by atoms with Gasteiger partial charge in [0.05, 0.1) is 12.0 Å². The number of hydrogen-bond donors (Lipinski definition) is 0. The lowest BCUT2D eigenvalue weighted by Gasteiger charge is -2.43. The maximum absolute atomic E-state index is 12.3. The normalized spacial score (nSPS) is 29.1. The Labute approximate surface area is 218 Å². The first-order chi connectivity index (χ1) is 16.8. The molecule has 4 rings (SSSR count). The molecule has 3 saturated heterocycles. The molecule has 0 radical (unpaired) electrons. The summed E-state index contributed by atoms with van der Waals surface area (Å²) in [4.78, 5) is 26.0. The van der Waals surface area contributed by atoms with Crippen molar-refractivity contribution in [3.05, 3.63) is 29.3 Å². The summed E-state index contributed by atoms with van der Waals surface area (Å²) in [6, 6.07) is 8.17. The van der Waals surface area contributed by atoms with Gasteiger partial charge in [0, 0.05) is 49.8 Å². The third-order valence-corrected chi connectivity index (χ3v) is 9.09. The van der Waals surface area contributed by atoms with Crippen molar-refractivity contribution >= 4 is 28.7 Å². The molecule has 9 heteroatoms. The van der Waals surface area contributed by atoms with Crippen molar-refractivity contribution in [1.29, 1.82) is 0 Å². The number of benzene rings is 1. The number of piperidine rings is 3. The van der Waals surface area contributed by atoms with Gasteiger partial charge in [0.1, 0.15) is 11.0 Å². The zero-order valence-electron chi connectivity index (χ0n) is 21.7. The molecule has 1 aromatic rings. The van der Waals surface area contributed by atoms with Gasteiger partial charge in [0.15, 0.2) is 0 Å². The van der Waals surface area contributed by atoms with Crippen molar-refractivity contribution in [1.82, 2.24) is 14.1 Å². The highest BCUT2D eigenvalue weighted by Crippen LogP contribution is 2.26. The van der Waals surface area contributed by atoms with E-state index in [2.05, 4.69) is 39.8 Å². The maximum Gasteiger partial charge on any atom is 0.441 e. The fourth-order valence-electron chi connectivity index (χ4n) is 5.56. The van der Waals surface area contributed by atoms with E-state index in [0.29, 0.717) is 17.1 Å². The van der Waals surface area contributed by atoms with Crippen LogP contribution in [0.1, 0.15) is 59.3 Å². The standard InChI is InChI=1S/C14H26N2O3.C12H16ClNOS/c1-11-7-12(2)9-16(8-11)13-5-4-6-15(10-13)14(17)19-18-3;1-10-4-2-3-9-14(10)16(15)12-7-5-11(13)6-8-12/h11-13H,4-10H2,1-3H3;5-8,10H,2-4,9H2,1H3/t;10-,16?/m.1/s1. The lowest BCUT2D eigenvalue weighted by atomic mass is 9.89. The van der Waals surface area contributed by atoms with E-state index in [1.54, 1.807) is 17.0 Å². The summed E-state index contributed by atoms with van der Waals surface area (Å²) in [5.74, 6) is 1.51. The minimum atomic E-state index is -1.03. The van der Waals surface area contributed by atoms with Gasteiger partial charge in [-0.1, -0.05) is 31.9 Å². The van der Waals surface area contributed by atoms with Gasteiger partial charge in [0.25, 0.3) is 0 Å². The molecule has 4 unspecified atom stereocenters. The molecule has 0 saturated carbocycles. The molecule has 3 heterocycles. The number of halogens is 1. The lowest BCUT2D eigenvalue weighted by Crippen LogP contribution is -2.53. The highest BCUT2D eigenvalue weighted by atomic mass is 35.5. The summed E-state index contributed by atoms with van der Waals surface area (Å²) in [6.45, 7) is 11.6. The number of rotatable bonds is 4. The molecular formula is C26H42ClN3O4S. The van der Waals surface area contributed by atoms with Crippen LogP contribution in [0.15, 0.2) is 29.2 Å². The second-order valence-corrected chi connectivity index (χ2v) is 12.2. The van der Waals surface area contributed by atoms with E-state index in [4.69, 9.17) is 11.6 Å². The zero-order valence-corrected chi connectivity index (χ0v) is 23.2. The van der Waals surface area contributed by atoms with Crippen LogP contribution in [0.4, 0.5) is 4.79 Å². The zero-order chi connectivity index (χ0) is 25.4. The largest absolute Gasteiger partial charge is 0.441 e. The average Bonchev–Trinajstić information content (AvgIpc) is 2.84. The van der Waals surface area contributed by atoms with Gasteiger partial charge < -0.3 is 4.90 Å². The molecule has 198 valence electrons. The third kappa shape index (κ3) is 8.42. The summed E-state index contributed by atoms with van der Waals surface area (Å²) in [6.07, 6.45) is 6.71. The Hall–Kier alpha value is -1.19.